The molecule has 0 atom stereocenters. The number of aromatic nitrogens is 4. The molecular weight excluding hydrogens is 701 g/mol. The second-order valence-electron chi connectivity index (χ2n) is 14.0. The molecule has 11 rings (SSSR count). The van der Waals surface area contributed by atoms with E-state index < -0.39 is 0 Å². The molecule has 0 unspecified atom stereocenters. The smallest absolute Gasteiger partial charge is 0.164 e. The van der Waals surface area contributed by atoms with Gasteiger partial charge in [0.1, 0.15) is 0 Å². The minimum absolute atomic E-state index is 0.634. The molecule has 5 heteroatoms. The fraction of sp³-hybridized carbons (Fsp3) is 0. The molecule has 3 heterocycles. The van der Waals surface area contributed by atoms with E-state index in [9.17, 15) is 0 Å². The van der Waals surface area contributed by atoms with Crippen molar-refractivity contribution in [3.8, 4) is 62.1 Å². The molecule has 3 aromatic heterocycles. The van der Waals surface area contributed by atoms with Crippen molar-refractivity contribution in [2.75, 3.05) is 0 Å². The van der Waals surface area contributed by atoms with Gasteiger partial charge in [-0.2, -0.15) is 0 Å². The molecule has 0 bridgehead atoms. The molecular formula is C51H32N4S. The van der Waals surface area contributed by atoms with Crippen LogP contribution in [0.3, 0.4) is 0 Å². The lowest BCUT2D eigenvalue weighted by Crippen LogP contribution is -2.01. The first kappa shape index (κ1) is 32.2. The van der Waals surface area contributed by atoms with Gasteiger partial charge >= 0.3 is 0 Å². The Morgan fingerprint density at radius 1 is 0.321 bits per heavy atom. The highest BCUT2D eigenvalue weighted by atomic mass is 32.1. The zero-order valence-electron chi connectivity index (χ0n) is 30.2. The monoisotopic (exact) mass is 732 g/mol. The first-order chi connectivity index (χ1) is 27.8. The summed E-state index contributed by atoms with van der Waals surface area (Å²) in [4.78, 5) is 15.0. The van der Waals surface area contributed by atoms with E-state index in [1.165, 1.54) is 53.2 Å². The minimum atomic E-state index is 0.634. The Balaban J connectivity index is 1.06. The summed E-state index contributed by atoms with van der Waals surface area (Å²) in [6.45, 7) is 0. The number of hydrogen-bond acceptors (Lipinski definition) is 4. The van der Waals surface area contributed by atoms with Gasteiger partial charge in [0.25, 0.3) is 0 Å². The van der Waals surface area contributed by atoms with E-state index in [0.29, 0.717) is 17.5 Å². The van der Waals surface area contributed by atoms with Gasteiger partial charge in [-0.25, -0.2) is 15.0 Å². The molecule has 8 aromatic carbocycles. The molecule has 0 amide bonds. The highest BCUT2D eigenvalue weighted by molar-refractivity contribution is 7.26. The number of para-hydroxylation sites is 1. The SMILES string of the molecule is c1ccc(-c2nc(-c3ccccc3)nc(-c3cccc(-n4c5ccccc5c5cc(-c6cccc7c6sc6c(-c8ccccc8)cccc67)ccc54)c3)n2)cc1. The molecule has 0 saturated heterocycles. The summed E-state index contributed by atoms with van der Waals surface area (Å²) < 4.78 is 4.99. The summed E-state index contributed by atoms with van der Waals surface area (Å²) in [7, 11) is 0. The van der Waals surface area contributed by atoms with E-state index in [1.807, 2.05) is 72.0 Å². The van der Waals surface area contributed by atoms with Gasteiger partial charge in [0.05, 0.1) is 11.0 Å². The Hall–Kier alpha value is -7.21. The lowest BCUT2D eigenvalue weighted by molar-refractivity contribution is 1.07. The van der Waals surface area contributed by atoms with Crippen LogP contribution < -0.4 is 0 Å². The van der Waals surface area contributed by atoms with Crippen molar-refractivity contribution in [3.05, 3.63) is 194 Å². The summed E-state index contributed by atoms with van der Waals surface area (Å²) in [5, 5.41) is 5.02. The zero-order chi connectivity index (χ0) is 37.0. The molecule has 262 valence electrons. The Labute approximate surface area is 327 Å². The normalized spacial score (nSPS) is 11.6. The van der Waals surface area contributed by atoms with E-state index in [4.69, 9.17) is 15.0 Å². The summed E-state index contributed by atoms with van der Waals surface area (Å²) in [6.07, 6.45) is 0. The molecule has 0 aliphatic rings. The molecule has 0 N–H and O–H groups in total. The summed E-state index contributed by atoms with van der Waals surface area (Å²) in [5.74, 6) is 1.93. The topological polar surface area (TPSA) is 43.6 Å². The van der Waals surface area contributed by atoms with Crippen molar-refractivity contribution in [1.82, 2.24) is 19.5 Å². The number of hydrogen-bond donors (Lipinski definition) is 0. The van der Waals surface area contributed by atoms with Crippen LogP contribution in [-0.4, -0.2) is 19.5 Å². The van der Waals surface area contributed by atoms with E-state index in [-0.39, 0.29) is 0 Å². The van der Waals surface area contributed by atoms with Crippen LogP contribution in [0.25, 0.3) is 104 Å². The van der Waals surface area contributed by atoms with Crippen LogP contribution in [0.2, 0.25) is 0 Å². The third-order valence-electron chi connectivity index (χ3n) is 10.7. The van der Waals surface area contributed by atoms with Gasteiger partial charge in [-0.05, 0) is 52.6 Å². The largest absolute Gasteiger partial charge is 0.309 e. The second-order valence-corrected chi connectivity index (χ2v) is 15.0. The van der Waals surface area contributed by atoms with Gasteiger partial charge in [-0.3, -0.25) is 0 Å². The van der Waals surface area contributed by atoms with Gasteiger partial charge in [0.15, 0.2) is 17.5 Å². The predicted octanol–water partition coefficient (Wildman–Crippen LogP) is 13.7. The first-order valence-corrected chi connectivity index (χ1v) is 19.6. The highest BCUT2D eigenvalue weighted by Crippen LogP contribution is 2.45. The Bertz CT molecular complexity index is 3180. The Kier molecular flexibility index (Phi) is 7.64. The molecule has 0 aliphatic heterocycles. The van der Waals surface area contributed by atoms with Crippen molar-refractivity contribution in [3.63, 3.8) is 0 Å². The molecule has 11 aromatic rings. The fourth-order valence-electron chi connectivity index (χ4n) is 8.03. The van der Waals surface area contributed by atoms with Crippen molar-refractivity contribution >= 4 is 53.3 Å². The van der Waals surface area contributed by atoms with Gasteiger partial charge < -0.3 is 4.57 Å². The number of fused-ring (bicyclic) bond motifs is 6. The van der Waals surface area contributed by atoms with Crippen LogP contribution in [-0.2, 0) is 0 Å². The molecule has 0 spiro atoms. The van der Waals surface area contributed by atoms with Crippen molar-refractivity contribution in [2.24, 2.45) is 0 Å². The Morgan fingerprint density at radius 2 is 0.804 bits per heavy atom. The van der Waals surface area contributed by atoms with Crippen molar-refractivity contribution < 1.29 is 0 Å². The zero-order valence-corrected chi connectivity index (χ0v) is 31.0. The molecule has 56 heavy (non-hydrogen) atoms. The minimum Gasteiger partial charge on any atom is -0.309 e. The number of rotatable bonds is 6. The highest BCUT2D eigenvalue weighted by Gasteiger charge is 2.18. The first-order valence-electron chi connectivity index (χ1n) is 18.8. The van der Waals surface area contributed by atoms with Crippen LogP contribution in [0.1, 0.15) is 0 Å². The van der Waals surface area contributed by atoms with E-state index in [0.717, 1.165) is 33.4 Å². The average Bonchev–Trinajstić information content (AvgIpc) is 3.83. The molecule has 0 aliphatic carbocycles. The lowest BCUT2D eigenvalue weighted by atomic mass is 9.99. The van der Waals surface area contributed by atoms with E-state index >= 15 is 0 Å². The molecule has 0 fully saturated rings. The third kappa shape index (κ3) is 5.40. The lowest BCUT2D eigenvalue weighted by Gasteiger charge is -2.12. The maximum absolute atomic E-state index is 5.02. The van der Waals surface area contributed by atoms with Crippen molar-refractivity contribution in [1.29, 1.82) is 0 Å². The van der Waals surface area contributed by atoms with E-state index in [2.05, 4.69) is 138 Å². The number of nitrogens with zero attached hydrogens (tertiary/aromatic N) is 4. The molecule has 0 radical (unpaired) electrons. The quantitative estimate of drug-likeness (QED) is 0.171. The predicted molar refractivity (Wildman–Crippen MR) is 234 cm³/mol. The maximum Gasteiger partial charge on any atom is 0.164 e. The van der Waals surface area contributed by atoms with E-state index in [1.54, 1.807) is 0 Å². The summed E-state index contributed by atoms with van der Waals surface area (Å²) in [6, 6.07) is 68.6. The third-order valence-corrected chi connectivity index (χ3v) is 11.9. The maximum atomic E-state index is 5.02. The average molecular weight is 733 g/mol. The van der Waals surface area contributed by atoms with Gasteiger partial charge in [-0.15, -0.1) is 11.3 Å². The summed E-state index contributed by atoms with van der Waals surface area (Å²) >= 11 is 1.89. The van der Waals surface area contributed by atoms with Crippen LogP contribution in [0.5, 0.6) is 0 Å². The number of benzene rings is 8. The molecule has 4 nitrogen and oxygen atoms in total. The standard InChI is InChI=1S/C51H32N4S/c1-4-15-33(16-5-1)39-24-13-26-42-43-27-14-25-40(48(43)56-47(39)42)36-29-30-46-44(32-36)41-23-10-11-28-45(41)55(46)38-22-12-21-37(31-38)51-53-49(34-17-6-2-7-18-34)52-50(54-51)35-19-8-3-9-20-35/h1-32H. The van der Waals surface area contributed by atoms with Crippen LogP contribution >= 0.6 is 11.3 Å². The fourth-order valence-corrected chi connectivity index (χ4v) is 9.40. The van der Waals surface area contributed by atoms with Gasteiger partial charge in [0.2, 0.25) is 0 Å². The second kappa shape index (κ2) is 13.3. The van der Waals surface area contributed by atoms with Crippen molar-refractivity contribution in [2.45, 2.75) is 0 Å². The Morgan fingerprint density at radius 3 is 1.45 bits per heavy atom. The van der Waals surface area contributed by atoms with Crippen LogP contribution in [0.4, 0.5) is 0 Å². The number of thiophene rings is 1. The summed E-state index contributed by atoms with van der Waals surface area (Å²) in [5.41, 5.74) is 11.1. The van der Waals surface area contributed by atoms with Crippen LogP contribution in [0, 0.1) is 0 Å². The van der Waals surface area contributed by atoms with Gasteiger partial charge in [-0.1, -0.05) is 164 Å². The van der Waals surface area contributed by atoms with Gasteiger partial charge in [0, 0.05) is 53.3 Å². The van der Waals surface area contributed by atoms with Crippen LogP contribution in [0.15, 0.2) is 194 Å². The molecule has 0 saturated carbocycles.